The number of ether oxygens (including phenoxy) is 1. The van der Waals surface area contributed by atoms with Crippen LogP contribution in [-0.2, 0) is 9.59 Å². The monoisotopic (exact) mass is 386 g/mol. The number of amides is 2. The first-order valence-electron chi connectivity index (χ1n) is 8.69. The van der Waals surface area contributed by atoms with Crippen LogP contribution in [0, 0.1) is 6.92 Å². The molecule has 2 amide bonds. The molecule has 0 radical (unpaired) electrons. The Morgan fingerprint density at radius 1 is 1.30 bits per heavy atom. The van der Waals surface area contributed by atoms with Gasteiger partial charge in [0.2, 0.25) is 11.8 Å². The number of aliphatic hydroxyl groups is 1. The molecule has 0 aliphatic carbocycles. The van der Waals surface area contributed by atoms with Crippen molar-refractivity contribution in [3.63, 3.8) is 0 Å². The largest absolute Gasteiger partial charge is 0.491 e. The summed E-state index contributed by atoms with van der Waals surface area (Å²) >= 11 is 1.47. The van der Waals surface area contributed by atoms with Gasteiger partial charge in [-0.2, -0.15) is 0 Å². The number of carbonyl (C=O) groups excluding carboxylic acids is 2. The van der Waals surface area contributed by atoms with E-state index in [0.29, 0.717) is 11.5 Å². The number of nitrogens with one attached hydrogen (secondary N) is 1. The lowest BCUT2D eigenvalue weighted by Crippen LogP contribution is -2.45. The van der Waals surface area contributed by atoms with Crippen molar-refractivity contribution in [1.82, 2.24) is 5.32 Å². The van der Waals surface area contributed by atoms with Gasteiger partial charge in [-0.1, -0.05) is 24.3 Å². The Kier molecular flexibility index (Phi) is 6.36. The smallest absolute Gasteiger partial charge is 0.240 e. The highest BCUT2D eigenvalue weighted by molar-refractivity contribution is 8.00. The molecule has 0 bridgehead atoms. The van der Waals surface area contributed by atoms with Crippen LogP contribution in [0.3, 0.4) is 0 Å². The zero-order chi connectivity index (χ0) is 19.2. The molecular formula is C20H22N2O4S. The Bertz CT molecular complexity index is 827. The quantitative estimate of drug-likeness (QED) is 0.761. The molecule has 2 aromatic carbocycles. The second-order valence-electron chi connectivity index (χ2n) is 6.32. The van der Waals surface area contributed by atoms with Crippen molar-refractivity contribution in [2.75, 3.05) is 30.3 Å². The fourth-order valence-corrected chi connectivity index (χ4v) is 3.65. The highest BCUT2D eigenvalue weighted by Gasteiger charge is 2.26. The third-order valence-corrected chi connectivity index (χ3v) is 5.12. The van der Waals surface area contributed by atoms with Crippen molar-refractivity contribution in [1.29, 1.82) is 0 Å². The van der Waals surface area contributed by atoms with Crippen LogP contribution in [0.5, 0.6) is 5.75 Å². The van der Waals surface area contributed by atoms with Gasteiger partial charge in [-0.15, -0.1) is 11.8 Å². The van der Waals surface area contributed by atoms with Gasteiger partial charge in [0.1, 0.15) is 25.0 Å². The van der Waals surface area contributed by atoms with E-state index in [9.17, 15) is 14.7 Å². The van der Waals surface area contributed by atoms with E-state index in [2.05, 4.69) is 5.32 Å². The molecule has 1 aliphatic rings. The summed E-state index contributed by atoms with van der Waals surface area (Å²) < 4.78 is 5.53. The van der Waals surface area contributed by atoms with E-state index in [1.54, 1.807) is 0 Å². The van der Waals surface area contributed by atoms with E-state index in [0.717, 1.165) is 16.1 Å². The summed E-state index contributed by atoms with van der Waals surface area (Å²) in [6, 6.07) is 15.0. The topological polar surface area (TPSA) is 78.9 Å². The number of carbonyl (C=O) groups is 2. The van der Waals surface area contributed by atoms with E-state index < -0.39 is 6.10 Å². The van der Waals surface area contributed by atoms with Gasteiger partial charge in [-0.05, 0) is 36.8 Å². The first-order valence-corrected chi connectivity index (χ1v) is 9.68. The lowest BCUT2D eigenvalue weighted by molar-refractivity contribution is -0.123. The Hall–Kier alpha value is -2.51. The third kappa shape index (κ3) is 5.24. The minimum absolute atomic E-state index is 0.0586. The Labute approximate surface area is 162 Å². The van der Waals surface area contributed by atoms with Crippen molar-refractivity contribution in [3.8, 4) is 5.75 Å². The predicted octanol–water partition coefficient (Wildman–Crippen LogP) is 1.99. The maximum absolute atomic E-state index is 12.2. The zero-order valence-corrected chi connectivity index (χ0v) is 15.9. The Balaban J connectivity index is 1.47. The summed E-state index contributed by atoms with van der Waals surface area (Å²) in [4.78, 5) is 26.9. The number of nitrogens with zero attached hydrogens (tertiary/aromatic N) is 1. The van der Waals surface area contributed by atoms with Gasteiger partial charge in [-0.3, -0.25) is 9.59 Å². The predicted molar refractivity (Wildman–Crippen MR) is 105 cm³/mol. The van der Waals surface area contributed by atoms with E-state index in [1.165, 1.54) is 16.7 Å². The first-order chi connectivity index (χ1) is 13.0. The lowest BCUT2D eigenvalue weighted by atomic mass is 10.2. The lowest BCUT2D eigenvalue weighted by Gasteiger charge is -2.28. The molecule has 2 aromatic rings. The second kappa shape index (κ2) is 8.92. The first kappa shape index (κ1) is 19.3. The fraction of sp³-hybridized carbons (Fsp3) is 0.300. The molecule has 27 heavy (non-hydrogen) atoms. The minimum atomic E-state index is -0.839. The maximum atomic E-state index is 12.2. The molecule has 1 aliphatic heterocycles. The van der Waals surface area contributed by atoms with Crippen LogP contribution in [-0.4, -0.2) is 48.5 Å². The average Bonchev–Trinajstić information content (AvgIpc) is 2.67. The van der Waals surface area contributed by atoms with Crippen LogP contribution in [0.2, 0.25) is 0 Å². The number of rotatable bonds is 7. The molecule has 0 saturated carbocycles. The van der Waals surface area contributed by atoms with Gasteiger partial charge in [0.05, 0.1) is 11.4 Å². The van der Waals surface area contributed by atoms with Crippen LogP contribution < -0.4 is 15.0 Å². The molecule has 1 atom stereocenters. The second-order valence-corrected chi connectivity index (χ2v) is 7.34. The van der Waals surface area contributed by atoms with Gasteiger partial charge in [-0.25, -0.2) is 0 Å². The van der Waals surface area contributed by atoms with Crippen LogP contribution in [0.15, 0.2) is 53.4 Å². The summed E-state index contributed by atoms with van der Waals surface area (Å²) in [5.41, 5.74) is 1.82. The maximum Gasteiger partial charge on any atom is 0.240 e. The summed E-state index contributed by atoms with van der Waals surface area (Å²) in [5.74, 6) is 0.572. The fourth-order valence-electron chi connectivity index (χ4n) is 2.71. The van der Waals surface area contributed by atoms with Crippen molar-refractivity contribution in [2.45, 2.75) is 17.9 Å². The van der Waals surface area contributed by atoms with Crippen LogP contribution >= 0.6 is 11.8 Å². The van der Waals surface area contributed by atoms with Crippen LogP contribution in [0.4, 0.5) is 5.69 Å². The average molecular weight is 386 g/mol. The van der Waals surface area contributed by atoms with E-state index >= 15 is 0 Å². The zero-order valence-electron chi connectivity index (χ0n) is 15.1. The number of para-hydroxylation sites is 1. The molecule has 7 heteroatoms. The van der Waals surface area contributed by atoms with Gasteiger partial charge in [0, 0.05) is 11.4 Å². The molecule has 0 aromatic heterocycles. The molecule has 1 heterocycles. The number of aliphatic hydroxyl groups excluding tert-OH is 1. The van der Waals surface area contributed by atoms with Crippen LogP contribution in [0.1, 0.15) is 5.56 Å². The summed E-state index contributed by atoms with van der Waals surface area (Å²) in [6.45, 7) is 2.03. The summed E-state index contributed by atoms with van der Waals surface area (Å²) in [6.07, 6.45) is -0.839. The molecule has 0 fully saturated rings. The standard InChI is InChI=1S/C20H22N2O4S/c1-14-5-4-6-16(9-14)26-12-15(23)10-21-19(24)11-22-17-7-2-3-8-18(17)27-13-20(22)25/h2-9,15,23H,10-13H2,1H3,(H,21,24). The normalized spacial score (nSPS) is 14.4. The van der Waals surface area contributed by atoms with E-state index in [4.69, 9.17) is 4.74 Å². The van der Waals surface area contributed by atoms with Gasteiger partial charge < -0.3 is 20.1 Å². The molecule has 2 N–H and O–H groups in total. The number of aryl methyl sites for hydroxylation is 1. The highest BCUT2D eigenvalue weighted by Crippen LogP contribution is 2.34. The molecule has 0 spiro atoms. The molecule has 6 nitrogen and oxygen atoms in total. The number of thioether (sulfide) groups is 1. The molecule has 1 unspecified atom stereocenters. The summed E-state index contributed by atoms with van der Waals surface area (Å²) in [7, 11) is 0. The minimum Gasteiger partial charge on any atom is -0.491 e. The van der Waals surface area contributed by atoms with E-state index in [1.807, 2.05) is 55.5 Å². The number of hydrogen-bond donors (Lipinski definition) is 2. The number of hydrogen-bond acceptors (Lipinski definition) is 5. The molecule has 3 rings (SSSR count). The highest BCUT2D eigenvalue weighted by atomic mass is 32.2. The van der Waals surface area contributed by atoms with Crippen molar-refractivity contribution < 1.29 is 19.4 Å². The van der Waals surface area contributed by atoms with Gasteiger partial charge in [0.15, 0.2) is 0 Å². The van der Waals surface area contributed by atoms with Crippen molar-refractivity contribution in [3.05, 3.63) is 54.1 Å². The van der Waals surface area contributed by atoms with Gasteiger partial charge in [0.25, 0.3) is 0 Å². The SMILES string of the molecule is Cc1cccc(OCC(O)CNC(=O)CN2C(=O)CSc3ccccc32)c1. The van der Waals surface area contributed by atoms with E-state index in [-0.39, 0.29) is 31.5 Å². The number of fused-ring (bicyclic) bond motifs is 1. The number of benzene rings is 2. The molecule has 0 saturated heterocycles. The Morgan fingerprint density at radius 2 is 2.11 bits per heavy atom. The van der Waals surface area contributed by atoms with Crippen LogP contribution in [0.25, 0.3) is 0 Å². The number of anilines is 1. The molecule has 142 valence electrons. The van der Waals surface area contributed by atoms with Crippen molar-refractivity contribution in [2.24, 2.45) is 0 Å². The van der Waals surface area contributed by atoms with Crippen molar-refractivity contribution >= 4 is 29.3 Å². The Morgan fingerprint density at radius 3 is 2.93 bits per heavy atom. The summed E-state index contributed by atoms with van der Waals surface area (Å²) in [5, 5.41) is 12.7. The van der Waals surface area contributed by atoms with Gasteiger partial charge >= 0.3 is 0 Å². The molecular weight excluding hydrogens is 364 g/mol. The third-order valence-electron chi connectivity index (χ3n) is 4.08.